The van der Waals surface area contributed by atoms with Crippen LogP contribution in [0.5, 0.6) is 0 Å². The molecule has 3 saturated heterocycles. The molecule has 0 amide bonds. The van der Waals surface area contributed by atoms with E-state index in [4.69, 9.17) is 14.2 Å². The second kappa shape index (κ2) is 3.41. The molecule has 0 aromatic heterocycles. The monoisotopic (exact) mass is 264 g/mol. The van der Waals surface area contributed by atoms with Gasteiger partial charge in [0.1, 0.15) is 12.2 Å². The number of hydrogen-bond donors (Lipinski definition) is 0. The van der Waals surface area contributed by atoms with Crippen LogP contribution in [0.15, 0.2) is 12.2 Å². The third-order valence-corrected chi connectivity index (χ3v) is 5.48. The predicted molar refractivity (Wildman–Crippen MR) is 67.5 cm³/mol. The topological polar surface area (TPSA) is 51.4 Å². The highest BCUT2D eigenvalue weighted by atomic mass is 16.6. The van der Waals surface area contributed by atoms with Gasteiger partial charge in [0.15, 0.2) is 0 Å². The fourth-order valence-corrected chi connectivity index (χ4v) is 3.85. The predicted octanol–water partition coefficient (Wildman–Crippen LogP) is 1.97. The molecule has 0 N–H and O–H groups in total. The zero-order chi connectivity index (χ0) is 13.4. The Kier molecular flexibility index (Phi) is 2.14. The molecule has 3 aliphatic heterocycles. The van der Waals surface area contributed by atoms with Gasteiger partial charge in [-0.3, -0.25) is 0 Å². The van der Waals surface area contributed by atoms with E-state index in [1.165, 1.54) is 0 Å². The van der Waals surface area contributed by atoms with Gasteiger partial charge in [0.2, 0.25) is 0 Å². The van der Waals surface area contributed by atoms with Crippen molar-refractivity contribution in [2.45, 2.75) is 69.0 Å². The summed E-state index contributed by atoms with van der Waals surface area (Å²) in [6, 6.07) is 0. The Morgan fingerprint density at radius 1 is 1.16 bits per heavy atom. The summed E-state index contributed by atoms with van der Waals surface area (Å²) in [5.41, 5.74) is 0.469. The van der Waals surface area contributed by atoms with E-state index >= 15 is 0 Å². The molecule has 0 aromatic carbocycles. The first-order valence-corrected chi connectivity index (χ1v) is 7.18. The Morgan fingerprint density at radius 3 is 2.68 bits per heavy atom. The van der Waals surface area contributed by atoms with Gasteiger partial charge >= 0.3 is 5.97 Å². The van der Waals surface area contributed by atoms with Crippen molar-refractivity contribution in [1.82, 2.24) is 0 Å². The average molecular weight is 264 g/mol. The fraction of sp³-hybridized carbons (Fsp3) is 0.800. The number of hydrogen-bond acceptors (Lipinski definition) is 4. The van der Waals surface area contributed by atoms with E-state index in [1.54, 1.807) is 0 Å². The normalized spacial score (nSPS) is 55.7. The summed E-state index contributed by atoms with van der Waals surface area (Å²) in [6.07, 6.45) is 4.15. The Labute approximate surface area is 113 Å². The Bertz CT molecular complexity index is 473. The summed E-state index contributed by atoms with van der Waals surface area (Å²) in [4.78, 5) is 11.8. The lowest BCUT2D eigenvalue weighted by atomic mass is 9.81. The molecule has 4 rings (SSSR count). The van der Waals surface area contributed by atoms with Crippen LogP contribution < -0.4 is 0 Å². The van der Waals surface area contributed by atoms with E-state index in [-0.39, 0.29) is 35.3 Å². The van der Waals surface area contributed by atoms with Gasteiger partial charge in [0, 0.05) is 11.5 Å². The van der Waals surface area contributed by atoms with Gasteiger partial charge in [-0.1, -0.05) is 6.58 Å². The van der Waals surface area contributed by atoms with Gasteiger partial charge in [-0.05, 0) is 39.5 Å². The maximum absolute atomic E-state index is 11.8. The van der Waals surface area contributed by atoms with Crippen molar-refractivity contribution >= 4 is 5.97 Å². The quantitative estimate of drug-likeness (QED) is 0.381. The van der Waals surface area contributed by atoms with E-state index in [0.29, 0.717) is 11.7 Å². The van der Waals surface area contributed by atoms with Crippen molar-refractivity contribution in [3.05, 3.63) is 12.2 Å². The maximum atomic E-state index is 11.8. The molecule has 1 saturated carbocycles. The lowest BCUT2D eigenvalue weighted by Crippen LogP contribution is -2.30. The van der Waals surface area contributed by atoms with Crippen LogP contribution in [0.1, 0.15) is 39.5 Å². The molecule has 4 heteroatoms. The smallest absolute Gasteiger partial charge is 0.334 e. The summed E-state index contributed by atoms with van der Waals surface area (Å²) in [5, 5.41) is 0. The average Bonchev–Trinajstić information content (AvgIpc) is 3.18. The number of fused-ring (bicyclic) bond motifs is 4. The minimum atomic E-state index is -0.245. The van der Waals surface area contributed by atoms with Gasteiger partial charge in [0.25, 0.3) is 0 Å². The molecule has 1 aliphatic carbocycles. The molecular weight excluding hydrogens is 244 g/mol. The third-order valence-electron chi connectivity index (χ3n) is 5.48. The van der Waals surface area contributed by atoms with Crippen LogP contribution in [0.2, 0.25) is 0 Å². The molecule has 0 radical (unpaired) electrons. The second-order valence-corrected chi connectivity index (χ2v) is 6.85. The Hall–Kier alpha value is -0.870. The van der Waals surface area contributed by atoms with Crippen LogP contribution in [0.3, 0.4) is 0 Å². The Morgan fingerprint density at radius 2 is 1.89 bits per heavy atom. The number of carbonyl (C=O) groups excluding carboxylic acids is 1. The lowest BCUT2D eigenvalue weighted by molar-refractivity contribution is -0.140. The molecule has 0 bridgehead atoms. The SMILES string of the molecule is C=C1C(=O)O[C@H]2[C@H]1CCC1(C)O[C@@H]1CC[C@@]1(C)O[C@@H]21. The van der Waals surface area contributed by atoms with E-state index in [0.717, 1.165) is 25.7 Å². The first kappa shape index (κ1) is 11.9. The van der Waals surface area contributed by atoms with Gasteiger partial charge in [-0.25, -0.2) is 4.79 Å². The second-order valence-electron chi connectivity index (χ2n) is 6.85. The highest BCUT2D eigenvalue weighted by molar-refractivity contribution is 5.91. The van der Waals surface area contributed by atoms with Crippen LogP contribution in [0, 0.1) is 5.92 Å². The molecule has 104 valence electrons. The van der Waals surface area contributed by atoms with Crippen LogP contribution in [0.4, 0.5) is 0 Å². The lowest BCUT2D eigenvalue weighted by Gasteiger charge is -2.20. The van der Waals surface area contributed by atoms with Crippen molar-refractivity contribution in [2.75, 3.05) is 0 Å². The van der Waals surface area contributed by atoms with Gasteiger partial charge in [0.05, 0.1) is 17.3 Å². The zero-order valence-corrected chi connectivity index (χ0v) is 11.5. The van der Waals surface area contributed by atoms with Crippen molar-refractivity contribution in [2.24, 2.45) is 5.92 Å². The number of esters is 1. The minimum absolute atomic E-state index is 0.00540. The van der Waals surface area contributed by atoms with Crippen molar-refractivity contribution < 1.29 is 19.0 Å². The number of epoxide rings is 2. The van der Waals surface area contributed by atoms with Crippen LogP contribution in [0.25, 0.3) is 0 Å². The standard InChI is InChI=1S/C15H20O4/c1-8-9-4-6-14(2)10(18-14)5-7-15(3)12(19-15)11(9)17-13(8)16/h9-12H,1,4-7H2,2-3H3/t9-,10+,11-,12-,14?,15+/m0/s1. The van der Waals surface area contributed by atoms with Gasteiger partial charge in [-0.15, -0.1) is 0 Å². The third kappa shape index (κ3) is 1.62. The summed E-state index contributed by atoms with van der Waals surface area (Å²) >= 11 is 0. The highest BCUT2D eigenvalue weighted by Gasteiger charge is 2.64. The molecule has 4 fully saturated rings. The fourth-order valence-electron chi connectivity index (χ4n) is 3.85. The Balaban J connectivity index is 1.62. The summed E-state index contributed by atoms with van der Waals surface area (Å²) in [5.74, 6) is -0.149. The zero-order valence-electron chi connectivity index (χ0n) is 11.5. The molecular formula is C15H20O4. The van der Waals surface area contributed by atoms with E-state index in [1.807, 2.05) is 0 Å². The van der Waals surface area contributed by atoms with E-state index in [9.17, 15) is 4.79 Å². The van der Waals surface area contributed by atoms with Crippen LogP contribution in [-0.4, -0.2) is 35.5 Å². The van der Waals surface area contributed by atoms with Gasteiger partial charge in [-0.2, -0.15) is 0 Å². The van der Waals surface area contributed by atoms with E-state index < -0.39 is 0 Å². The molecule has 4 nitrogen and oxygen atoms in total. The largest absolute Gasteiger partial charge is 0.455 e. The first-order chi connectivity index (χ1) is 8.93. The number of carbonyl (C=O) groups is 1. The van der Waals surface area contributed by atoms with Gasteiger partial charge < -0.3 is 14.2 Å². The molecule has 1 unspecified atom stereocenters. The van der Waals surface area contributed by atoms with Crippen molar-refractivity contribution in [1.29, 1.82) is 0 Å². The summed E-state index contributed by atoms with van der Waals surface area (Å²) in [6.45, 7) is 8.20. The van der Waals surface area contributed by atoms with Crippen molar-refractivity contribution in [3.63, 3.8) is 0 Å². The van der Waals surface area contributed by atoms with Crippen LogP contribution in [-0.2, 0) is 19.0 Å². The highest BCUT2D eigenvalue weighted by Crippen LogP contribution is 2.54. The van der Waals surface area contributed by atoms with Crippen LogP contribution >= 0.6 is 0 Å². The molecule has 3 heterocycles. The molecule has 19 heavy (non-hydrogen) atoms. The maximum Gasteiger partial charge on any atom is 0.334 e. The minimum Gasteiger partial charge on any atom is -0.455 e. The molecule has 0 spiro atoms. The molecule has 6 atom stereocenters. The molecule has 0 aromatic rings. The van der Waals surface area contributed by atoms with E-state index in [2.05, 4.69) is 20.4 Å². The summed E-state index contributed by atoms with van der Waals surface area (Å²) in [7, 11) is 0. The van der Waals surface area contributed by atoms with Crippen molar-refractivity contribution in [3.8, 4) is 0 Å². The number of ether oxygens (including phenoxy) is 3. The summed E-state index contributed by atoms with van der Waals surface area (Å²) < 4.78 is 17.2. The molecule has 4 aliphatic rings. The first-order valence-electron chi connectivity index (χ1n) is 7.18. The number of rotatable bonds is 0.